The Balaban J connectivity index is 2.81. The number of hydrogen-bond donors (Lipinski definition) is 1. The van der Waals surface area contributed by atoms with Crippen LogP contribution in [-0.2, 0) is 6.18 Å². The molecule has 0 atom stereocenters. The van der Waals surface area contributed by atoms with Crippen molar-refractivity contribution in [2.24, 2.45) is 0 Å². The minimum absolute atomic E-state index is 0.0149. The number of pyridine rings is 1. The fraction of sp³-hybridized carbons (Fsp3) is 0.357. The Morgan fingerprint density at radius 3 is 2.43 bits per heavy atom. The zero-order valence-corrected chi connectivity index (χ0v) is 11.4. The molecular formula is C14H13F5N2. The van der Waals surface area contributed by atoms with E-state index in [1.165, 1.54) is 6.92 Å². The van der Waals surface area contributed by atoms with E-state index in [0.717, 1.165) is 6.07 Å². The summed E-state index contributed by atoms with van der Waals surface area (Å²) in [5.74, 6) is -1.75. The highest BCUT2D eigenvalue weighted by Gasteiger charge is 2.34. The maximum atomic E-state index is 14.2. The van der Waals surface area contributed by atoms with Gasteiger partial charge in [0.05, 0.1) is 5.39 Å². The monoisotopic (exact) mass is 304 g/mol. The van der Waals surface area contributed by atoms with Crippen molar-refractivity contribution in [1.29, 1.82) is 0 Å². The lowest BCUT2D eigenvalue weighted by atomic mass is 10.1. The van der Waals surface area contributed by atoms with Gasteiger partial charge in [0.1, 0.15) is 22.8 Å². The standard InChI is InChI=1S/C14H13F5N2/c1-3-4-20-9-6-10(14(17,18)19)21-13-8(15)5-7(2)12(16)11(9)13/h5-6H,3-4H2,1-2H3,(H,20,21). The smallest absolute Gasteiger partial charge is 0.384 e. The van der Waals surface area contributed by atoms with Crippen LogP contribution in [0.5, 0.6) is 0 Å². The SMILES string of the molecule is CCCNc1cc(C(F)(F)F)nc2c(F)cc(C)c(F)c12. The molecule has 0 amide bonds. The predicted molar refractivity (Wildman–Crippen MR) is 70.2 cm³/mol. The van der Waals surface area contributed by atoms with Crippen molar-refractivity contribution < 1.29 is 22.0 Å². The van der Waals surface area contributed by atoms with Crippen LogP contribution in [0.15, 0.2) is 12.1 Å². The number of nitrogens with zero attached hydrogens (tertiary/aromatic N) is 1. The molecule has 2 aromatic rings. The molecule has 0 saturated heterocycles. The lowest BCUT2D eigenvalue weighted by Crippen LogP contribution is -2.11. The van der Waals surface area contributed by atoms with Gasteiger partial charge in [-0.15, -0.1) is 0 Å². The summed E-state index contributed by atoms with van der Waals surface area (Å²) in [6.07, 6.45) is -4.11. The highest BCUT2D eigenvalue weighted by molar-refractivity contribution is 5.93. The summed E-state index contributed by atoms with van der Waals surface area (Å²) in [6.45, 7) is 3.49. The molecule has 1 aromatic heterocycles. The molecule has 0 radical (unpaired) electrons. The zero-order chi connectivity index (χ0) is 15.8. The predicted octanol–water partition coefficient (Wildman–Crippen LogP) is 4.66. The van der Waals surface area contributed by atoms with Crippen molar-refractivity contribution in [3.63, 3.8) is 0 Å². The molecule has 2 rings (SSSR count). The van der Waals surface area contributed by atoms with Crippen molar-refractivity contribution >= 4 is 16.6 Å². The number of fused-ring (bicyclic) bond motifs is 1. The van der Waals surface area contributed by atoms with E-state index in [-0.39, 0.29) is 16.6 Å². The molecule has 0 aliphatic rings. The van der Waals surface area contributed by atoms with Gasteiger partial charge in [-0.2, -0.15) is 13.2 Å². The molecule has 114 valence electrons. The number of halogens is 5. The Morgan fingerprint density at radius 2 is 1.86 bits per heavy atom. The first-order valence-corrected chi connectivity index (χ1v) is 6.36. The molecule has 7 heteroatoms. The molecule has 0 saturated carbocycles. The molecule has 0 unspecified atom stereocenters. The summed E-state index contributed by atoms with van der Waals surface area (Å²) in [4.78, 5) is 3.24. The zero-order valence-electron chi connectivity index (χ0n) is 11.4. The average Bonchev–Trinajstić information content (AvgIpc) is 2.40. The summed E-state index contributed by atoms with van der Waals surface area (Å²) in [5.41, 5.74) is -1.96. The summed E-state index contributed by atoms with van der Waals surface area (Å²) in [5, 5.41) is 2.44. The van der Waals surface area contributed by atoms with Crippen molar-refractivity contribution in [3.8, 4) is 0 Å². The van der Waals surface area contributed by atoms with E-state index < -0.39 is 29.0 Å². The van der Waals surface area contributed by atoms with Gasteiger partial charge in [-0.3, -0.25) is 0 Å². The van der Waals surface area contributed by atoms with Gasteiger partial charge in [0.15, 0.2) is 0 Å². The number of alkyl halides is 3. The molecule has 0 aliphatic carbocycles. The highest BCUT2D eigenvalue weighted by Crippen LogP contribution is 2.35. The van der Waals surface area contributed by atoms with Crippen LogP contribution in [-0.4, -0.2) is 11.5 Å². The van der Waals surface area contributed by atoms with Gasteiger partial charge in [0.2, 0.25) is 0 Å². The van der Waals surface area contributed by atoms with Crippen LogP contribution in [0, 0.1) is 18.6 Å². The van der Waals surface area contributed by atoms with Crippen LogP contribution >= 0.6 is 0 Å². The summed E-state index contributed by atoms with van der Waals surface area (Å²) < 4.78 is 66.5. The van der Waals surface area contributed by atoms with Gasteiger partial charge >= 0.3 is 6.18 Å². The lowest BCUT2D eigenvalue weighted by molar-refractivity contribution is -0.140. The fourth-order valence-corrected chi connectivity index (χ4v) is 2.00. The average molecular weight is 304 g/mol. The maximum Gasteiger partial charge on any atom is 0.433 e. The Hall–Kier alpha value is -1.92. The van der Waals surface area contributed by atoms with Gasteiger partial charge in [-0.05, 0) is 31.0 Å². The van der Waals surface area contributed by atoms with Crippen LogP contribution in [0.3, 0.4) is 0 Å². The Bertz CT molecular complexity index is 679. The second-order valence-corrected chi connectivity index (χ2v) is 4.69. The normalized spacial score (nSPS) is 12.0. The van der Waals surface area contributed by atoms with Gasteiger partial charge in [-0.1, -0.05) is 6.92 Å². The van der Waals surface area contributed by atoms with E-state index in [0.29, 0.717) is 19.0 Å². The summed E-state index contributed by atoms with van der Waals surface area (Å²) in [6, 6.07) is 1.55. The first kappa shape index (κ1) is 15.5. The maximum absolute atomic E-state index is 14.2. The number of hydrogen-bond acceptors (Lipinski definition) is 2. The van der Waals surface area contributed by atoms with Crippen LogP contribution in [0.25, 0.3) is 10.9 Å². The third kappa shape index (κ3) is 2.91. The van der Waals surface area contributed by atoms with E-state index in [1.54, 1.807) is 0 Å². The van der Waals surface area contributed by atoms with Gasteiger partial charge < -0.3 is 5.32 Å². The second kappa shape index (κ2) is 5.46. The molecule has 0 bridgehead atoms. The van der Waals surface area contributed by atoms with Crippen LogP contribution in [0.4, 0.5) is 27.6 Å². The van der Waals surface area contributed by atoms with E-state index in [9.17, 15) is 22.0 Å². The number of aryl methyl sites for hydroxylation is 1. The number of nitrogens with one attached hydrogen (secondary N) is 1. The molecular weight excluding hydrogens is 291 g/mol. The Morgan fingerprint density at radius 1 is 1.19 bits per heavy atom. The molecule has 2 nitrogen and oxygen atoms in total. The molecule has 1 N–H and O–H groups in total. The minimum Gasteiger partial charge on any atom is -0.384 e. The lowest BCUT2D eigenvalue weighted by Gasteiger charge is -2.15. The Labute approximate surface area is 118 Å². The molecule has 0 fully saturated rings. The van der Waals surface area contributed by atoms with E-state index in [2.05, 4.69) is 10.3 Å². The molecule has 1 aromatic carbocycles. The van der Waals surface area contributed by atoms with E-state index in [4.69, 9.17) is 0 Å². The van der Waals surface area contributed by atoms with Crippen molar-refractivity contribution in [1.82, 2.24) is 4.98 Å². The fourth-order valence-electron chi connectivity index (χ4n) is 2.00. The van der Waals surface area contributed by atoms with Crippen LogP contribution < -0.4 is 5.32 Å². The number of benzene rings is 1. The number of rotatable bonds is 3. The third-order valence-electron chi connectivity index (χ3n) is 3.01. The largest absolute Gasteiger partial charge is 0.433 e. The molecule has 21 heavy (non-hydrogen) atoms. The first-order valence-electron chi connectivity index (χ1n) is 6.36. The number of aromatic nitrogens is 1. The van der Waals surface area contributed by atoms with Crippen molar-refractivity contribution in [2.75, 3.05) is 11.9 Å². The summed E-state index contributed by atoms with van der Waals surface area (Å²) >= 11 is 0. The van der Waals surface area contributed by atoms with Crippen molar-refractivity contribution in [3.05, 3.63) is 35.0 Å². The van der Waals surface area contributed by atoms with Crippen LogP contribution in [0.1, 0.15) is 24.6 Å². The number of anilines is 1. The van der Waals surface area contributed by atoms with Crippen LogP contribution in [0.2, 0.25) is 0 Å². The van der Waals surface area contributed by atoms with Crippen molar-refractivity contribution in [2.45, 2.75) is 26.4 Å². The minimum atomic E-state index is -4.73. The topological polar surface area (TPSA) is 24.9 Å². The summed E-state index contributed by atoms with van der Waals surface area (Å²) in [7, 11) is 0. The molecule has 0 aliphatic heterocycles. The van der Waals surface area contributed by atoms with Gasteiger partial charge in [0, 0.05) is 12.2 Å². The second-order valence-electron chi connectivity index (χ2n) is 4.69. The van der Waals surface area contributed by atoms with Gasteiger partial charge in [0.25, 0.3) is 0 Å². The Kier molecular flexibility index (Phi) is 4.02. The molecule has 0 spiro atoms. The van der Waals surface area contributed by atoms with E-state index in [1.807, 2.05) is 6.92 Å². The van der Waals surface area contributed by atoms with Gasteiger partial charge in [-0.25, -0.2) is 13.8 Å². The highest BCUT2D eigenvalue weighted by atomic mass is 19.4. The van der Waals surface area contributed by atoms with E-state index >= 15 is 0 Å². The third-order valence-corrected chi connectivity index (χ3v) is 3.01. The quantitative estimate of drug-likeness (QED) is 0.834. The first-order chi connectivity index (χ1) is 9.75. The molecule has 1 heterocycles.